The molecule has 38 valence electrons. The van der Waals surface area contributed by atoms with E-state index >= 15 is 0 Å². The fourth-order valence-electron chi connectivity index (χ4n) is 0.115. The van der Waals surface area contributed by atoms with Crippen molar-refractivity contribution < 1.29 is 0 Å². The average Bonchev–Trinajstić information content (AvgIpc) is 1.61. The molecule has 0 aromatic heterocycles. The van der Waals surface area contributed by atoms with Crippen molar-refractivity contribution in [3.63, 3.8) is 0 Å². The van der Waals surface area contributed by atoms with Crippen LogP contribution in [0.4, 0.5) is 0 Å². The molecular weight excluding hydrogens is 180 g/mol. The van der Waals surface area contributed by atoms with Crippen molar-refractivity contribution in [1.82, 2.24) is 0 Å². The molecule has 0 aromatic rings. The van der Waals surface area contributed by atoms with Gasteiger partial charge in [0.1, 0.15) is 0 Å². The Labute approximate surface area is 55.6 Å². The lowest BCUT2D eigenvalue weighted by Crippen LogP contribution is -1.62. The van der Waals surface area contributed by atoms with Gasteiger partial charge in [-0.15, -0.1) is 11.8 Å². The predicted octanol–water partition coefficient (Wildman–Crippen LogP) is 2.39. The van der Waals surface area contributed by atoms with E-state index in [1.807, 2.05) is 23.5 Å². The zero-order valence-electron chi connectivity index (χ0n) is 3.61. The van der Waals surface area contributed by atoms with Crippen LogP contribution in [0, 0.1) is 0 Å². The highest BCUT2D eigenvalue weighted by Crippen LogP contribution is 2.09. The van der Waals surface area contributed by atoms with E-state index in [9.17, 15) is 0 Å². The van der Waals surface area contributed by atoms with Crippen molar-refractivity contribution in [2.45, 2.75) is 0 Å². The normalized spacial score (nSPS) is 9.00. The molecule has 0 unspecified atom stereocenters. The molecule has 0 nitrogen and oxygen atoms in total. The molecule has 0 aliphatic heterocycles. The van der Waals surface area contributed by atoms with Crippen LogP contribution in [0.2, 0.25) is 0 Å². The van der Waals surface area contributed by atoms with Crippen LogP contribution in [-0.2, 0) is 0 Å². The molecule has 0 rings (SSSR count). The summed E-state index contributed by atoms with van der Waals surface area (Å²) in [5, 5.41) is 1.20. The molecule has 0 aromatic carbocycles. The SMILES string of the molecule is CSCSCBr. The summed E-state index contributed by atoms with van der Waals surface area (Å²) in [5.41, 5.74) is 0. The van der Waals surface area contributed by atoms with E-state index in [4.69, 9.17) is 0 Å². The number of thioether (sulfide) groups is 2. The van der Waals surface area contributed by atoms with Crippen molar-refractivity contribution in [2.75, 3.05) is 16.0 Å². The number of hydrogen-bond acceptors (Lipinski definition) is 2. The van der Waals surface area contributed by atoms with Gasteiger partial charge in [0.15, 0.2) is 0 Å². The molecule has 0 aliphatic rings. The molecule has 0 fully saturated rings. The molecule has 0 heterocycles. The maximum Gasteiger partial charge on any atom is 0.0498 e. The van der Waals surface area contributed by atoms with Gasteiger partial charge in [0, 0.05) is 9.75 Å². The van der Waals surface area contributed by atoms with E-state index in [-0.39, 0.29) is 0 Å². The lowest BCUT2D eigenvalue weighted by molar-refractivity contribution is 2.17. The monoisotopic (exact) mass is 186 g/mol. The number of rotatable bonds is 3. The topological polar surface area (TPSA) is 0 Å². The van der Waals surface area contributed by atoms with Gasteiger partial charge in [-0.1, -0.05) is 15.9 Å². The summed E-state index contributed by atoms with van der Waals surface area (Å²) in [6.07, 6.45) is 2.11. The van der Waals surface area contributed by atoms with Crippen LogP contribution in [0.15, 0.2) is 0 Å². The Hall–Kier alpha value is 1.18. The molecule has 0 N–H and O–H groups in total. The van der Waals surface area contributed by atoms with Crippen molar-refractivity contribution in [3.8, 4) is 0 Å². The Kier molecular flexibility index (Phi) is 7.40. The summed E-state index contributed by atoms with van der Waals surface area (Å²) >= 11 is 7.05. The minimum atomic E-state index is 1.06. The van der Waals surface area contributed by atoms with Gasteiger partial charge in [0.05, 0.1) is 0 Å². The summed E-state index contributed by atoms with van der Waals surface area (Å²) in [4.78, 5) is 0. The third kappa shape index (κ3) is 5.18. The Morgan fingerprint density at radius 2 is 2.33 bits per heavy atom. The molecule has 0 saturated heterocycles. The molecule has 0 aliphatic carbocycles. The van der Waals surface area contributed by atoms with E-state index in [0.717, 1.165) is 4.66 Å². The predicted molar refractivity (Wildman–Crippen MR) is 39.8 cm³/mol. The second kappa shape index (κ2) is 6.18. The summed E-state index contributed by atoms with van der Waals surface area (Å²) < 4.78 is 1.06. The standard InChI is InChI=1S/C3H7BrS2/c1-5-3-6-2-4/h2-3H2,1H3. The fraction of sp³-hybridized carbons (Fsp3) is 1.00. The van der Waals surface area contributed by atoms with Gasteiger partial charge in [-0.3, -0.25) is 0 Å². The maximum atomic E-state index is 3.30. The Bertz CT molecular complexity index is 20.8. The number of hydrogen-bond donors (Lipinski definition) is 0. The van der Waals surface area contributed by atoms with Crippen molar-refractivity contribution in [2.24, 2.45) is 0 Å². The van der Waals surface area contributed by atoms with Crippen molar-refractivity contribution in [1.29, 1.82) is 0 Å². The first-order chi connectivity index (χ1) is 2.91. The van der Waals surface area contributed by atoms with E-state index in [2.05, 4.69) is 22.2 Å². The number of halogens is 1. The van der Waals surface area contributed by atoms with Crippen LogP contribution >= 0.6 is 39.5 Å². The summed E-state index contributed by atoms with van der Waals surface area (Å²) in [6, 6.07) is 0. The summed E-state index contributed by atoms with van der Waals surface area (Å²) in [6.45, 7) is 0. The largest absolute Gasteiger partial charge is 0.154 e. The van der Waals surface area contributed by atoms with Gasteiger partial charge >= 0.3 is 0 Å². The summed E-state index contributed by atoms with van der Waals surface area (Å²) in [7, 11) is 0. The number of alkyl halides is 1. The van der Waals surface area contributed by atoms with E-state index in [1.165, 1.54) is 5.08 Å². The second-order valence-corrected chi connectivity index (χ2v) is 4.24. The highest BCUT2D eigenvalue weighted by atomic mass is 79.9. The molecule has 0 saturated carbocycles. The van der Waals surface area contributed by atoms with Gasteiger partial charge in [0.25, 0.3) is 0 Å². The molecule has 0 spiro atoms. The molecule has 0 atom stereocenters. The fourth-order valence-corrected chi connectivity index (χ4v) is 2.22. The lowest BCUT2D eigenvalue weighted by Gasteiger charge is -1.85. The van der Waals surface area contributed by atoms with Gasteiger partial charge in [-0.25, -0.2) is 0 Å². The highest BCUT2D eigenvalue weighted by molar-refractivity contribution is 9.11. The zero-order valence-corrected chi connectivity index (χ0v) is 6.83. The molecule has 6 heavy (non-hydrogen) atoms. The van der Waals surface area contributed by atoms with Gasteiger partial charge in [0.2, 0.25) is 0 Å². The second-order valence-electron chi connectivity index (χ2n) is 0.720. The van der Waals surface area contributed by atoms with Crippen LogP contribution in [0.5, 0.6) is 0 Å². The minimum absolute atomic E-state index is 1.06. The van der Waals surface area contributed by atoms with Crippen LogP contribution in [0.3, 0.4) is 0 Å². The molecule has 0 radical (unpaired) electrons. The molecule has 3 heteroatoms. The first-order valence-electron chi connectivity index (χ1n) is 1.54. The Balaban J connectivity index is 2.34. The van der Waals surface area contributed by atoms with Crippen LogP contribution < -0.4 is 0 Å². The average molecular weight is 187 g/mol. The van der Waals surface area contributed by atoms with Crippen molar-refractivity contribution in [3.05, 3.63) is 0 Å². The van der Waals surface area contributed by atoms with E-state index in [0.29, 0.717) is 0 Å². The third-order valence-electron chi connectivity index (χ3n) is 0.278. The first-order valence-corrected chi connectivity index (χ1v) is 5.21. The van der Waals surface area contributed by atoms with E-state index in [1.54, 1.807) is 0 Å². The van der Waals surface area contributed by atoms with Crippen LogP contribution in [0.1, 0.15) is 0 Å². The molecule has 0 amide bonds. The Morgan fingerprint density at radius 1 is 1.67 bits per heavy atom. The van der Waals surface area contributed by atoms with Crippen LogP contribution in [0.25, 0.3) is 0 Å². The van der Waals surface area contributed by atoms with E-state index < -0.39 is 0 Å². The smallest absolute Gasteiger partial charge is 0.0498 e. The van der Waals surface area contributed by atoms with Gasteiger partial charge in [-0.05, 0) is 6.26 Å². The molecule has 0 bridgehead atoms. The van der Waals surface area contributed by atoms with Crippen molar-refractivity contribution >= 4 is 39.5 Å². The highest BCUT2D eigenvalue weighted by Gasteiger charge is 1.76. The zero-order chi connectivity index (χ0) is 4.83. The lowest BCUT2D eigenvalue weighted by atomic mass is 11.9. The van der Waals surface area contributed by atoms with Gasteiger partial charge in [-0.2, -0.15) is 11.8 Å². The molecular formula is C3H7BrS2. The quantitative estimate of drug-likeness (QED) is 0.378. The third-order valence-corrected chi connectivity index (χ3v) is 3.01. The summed E-state index contributed by atoms with van der Waals surface area (Å²) in [5.74, 6) is 0. The minimum Gasteiger partial charge on any atom is -0.154 e. The Morgan fingerprint density at radius 3 is 2.50 bits per heavy atom. The first kappa shape index (κ1) is 7.18. The maximum absolute atomic E-state index is 3.30. The van der Waals surface area contributed by atoms with Gasteiger partial charge < -0.3 is 0 Å². The van der Waals surface area contributed by atoms with Crippen LogP contribution in [-0.4, -0.2) is 16.0 Å².